The van der Waals surface area contributed by atoms with E-state index in [2.05, 4.69) is 33.4 Å². The Morgan fingerprint density at radius 1 is 1.08 bits per heavy atom. The molecule has 0 saturated carbocycles. The van der Waals surface area contributed by atoms with E-state index in [0.29, 0.717) is 35.9 Å². The number of benzene rings is 2. The maximum atomic E-state index is 11.3. The average molecular weight is 413 g/mol. The molecule has 0 radical (unpaired) electrons. The summed E-state index contributed by atoms with van der Waals surface area (Å²) in [5, 5.41) is 3.77. The van der Waals surface area contributed by atoms with Crippen molar-refractivity contribution in [1.29, 1.82) is 0 Å². The molecule has 0 saturated heterocycles. The summed E-state index contributed by atoms with van der Waals surface area (Å²) in [6, 6.07) is 15.9. The minimum absolute atomic E-state index is 0.321. The molecule has 0 atom stereocenters. The Bertz CT molecular complexity index is 652. The highest BCUT2D eigenvalue weighted by Gasteiger charge is 2.05. The third-order valence-corrected chi connectivity index (χ3v) is 3.81. The van der Waals surface area contributed by atoms with Gasteiger partial charge in [-0.2, -0.15) is 0 Å². The van der Waals surface area contributed by atoms with E-state index in [1.807, 2.05) is 36.4 Å². The lowest BCUT2D eigenvalue weighted by atomic mass is 10.1. The molecule has 128 valence electrons. The number of carbonyl (C=O) groups excluding carboxylic acids is 1. The van der Waals surface area contributed by atoms with Gasteiger partial charge in [-0.3, -0.25) is 0 Å². The number of amides is 1. The van der Waals surface area contributed by atoms with Gasteiger partial charge in [0.1, 0.15) is 19.0 Å². The van der Waals surface area contributed by atoms with Crippen molar-refractivity contribution >= 4 is 33.6 Å². The molecule has 0 heterocycles. The maximum Gasteiger partial charge on any atom is 0.407 e. The van der Waals surface area contributed by atoms with Crippen molar-refractivity contribution in [2.75, 3.05) is 25.1 Å². The van der Waals surface area contributed by atoms with E-state index >= 15 is 0 Å². The van der Waals surface area contributed by atoms with Crippen LogP contribution in [0.2, 0.25) is 5.02 Å². The predicted molar refractivity (Wildman–Crippen MR) is 99.3 cm³/mol. The highest BCUT2D eigenvalue weighted by Crippen LogP contribution is 2.26. The predicted octanol–water partition coefficient (Wildman–Crippen LogP) is 4.43. The van der Waals surface area contributed by atoms with Crippen molar-refractivity contribution in [3.8, 4) is 5.75 Å². The first-order valence-corrected chi connectivity index (χ1v) is 9.10. The normalized spacial score (nSPS) is 10.2. The van der Waals surface area contributed by atoms with Gasteiger partial charge in [-0.1, -0.05) is 63.9 Å². The van der Waals surface area contributed by atoms with E-state index in [1.54, 1.807) is 0 Å². The van der Waals surface area contributed by atoms with E-state index in [4.69, 9.17) is 21.1 Å². The number of nitrogens with one attached hydrogen (secondary N) is 1. The third-order valence-electron chi connectivity index (χ3n) is 3.19. The van der Waals surface area contributed by atoms with Gasteiger partial charge in [0.15, 0.2) is 0 Å². The van der Waals surface area contributed by atoms with Crippen LogP contribution in [0.15, 0.2) is 48.5 Å². The Hall–Kier alpha value is -1.72. The van der Waals surface area contributed by atoms with Crippen LogP contribution in [0.4, 0.5) is 4.79 Å². The summed E-state index contributed by atoms with van der Waals surface area (Å²) < 4.78 is 10.4. The van der Waals surface area contributed by atoms with Crippen molar-refractivity contribution in [1.82, 2.24) is 5.32 Å². The van der Waals surface area contributed by atoms with Gasteiger partial charge in [-0.15, -0.1) is 0 Å². The van der Waals surface area contributed by atoms with Crippen LogP contribution in [0.3, 0.4) is 0 Å². The molecule has 0 spiro atoms. The van der Waals surface area contributed by atoms with Crippen molar-refractivity contribution < 1.29 is 14.3 Å². The molecular formula is C18H19BrClNO3. The van der Waals surface area contributed by atoms with Gasteiger partial charge in [0.25, 0.3) is 0 Å². The Balaban J connectivity index is 1.79. The van der Waals surface area contributed by atoms with Crippen LogP contribution in [0.1, 0.15) is 11.1 Å². The highest BCUT2D eigenvalue weighted by molar-refractivity contribution is 9.09. The van der Waals surface area contributed by atoms with E-state index in [1.165, 1.54) is 5.56 Å². The second-order valence-corrected chi connectivity index (χ2v) is 6.23. The zero-order valence-corrected chi connectivity index (χ0v) is 15.5. The summed E-state index contributed by atoms with van der Waals surface area (Å²) in [5.74, 6) is 0.601. The first-order chi connectivity index (χ1) is 11.7. The van der Waals surface area contributed by atoms with Crippen molar-refractivity contribution in [2.24, 2.45) is 0 Å². The molecule has 0 aliphatic carbocycles. The molecule has 0 aliphatic heterocycles. The summed E-state index contributed by atoms with van der Waals surface area (Å²) >= 11 is 9.44. The molecule has 0 bridgehead atoms. The number of ether oxygens (including phenoxy) is 2. The molecule has 4 nitrogen and oxygen atoms in total. The quantitative estimate of drug-likeness (QED) is 0.515. The SMILES string of the molecule is O=C(NCCOc1ccc(Cc2ccccc2)cc1Cl)OCCBr. The topological polar surface area (TPSA) is 47.6 Å². The fourth-order valence-electron chi connectivity index (χ4n) is 2.10. The van der Waals surface area contributed by atoms with E-state index in [9.17, 15) is 4.79 Å². The van der Waals surface area contributed by atoms with Crippen molar-refractivity contribution in [3.63, 3.8) is 0 Å². The summed E-state index contributed by atoms with van der Waals surface area (Å²) in [6.07, 6.45) is 0.365. The largest absolute Gasteiger partial charge is 0.490 e. The number of rotatable bonds is 8. The number of carbonyl (C=O) groups is 1. The van der Waals surface area contributed by atoms with Crippen LogP contribution in [0.25, 0.3) is 0 Å². The molecule has 1 N–H and O–H groups in total. The van der Waals surface area contributed by atoms with Crippen LogP contribution in [0.5, 0.6) is 5.75 Å². The molecule has 2 aromatic rings. The Morgan fingerprint density at radius 2 is 1.88 bits per heavy atom. The van der Waals surface area contributed by atoms with Crippen LogP contribution < -0.4 is 10.1 Å². The number of hydrogen-bond donors (Lipinski definition) is 1. The molecule has 0 aliphatic rings. The van der Waals surface area contributed by atoms with Gasteiger partial charge in [-0.05, 0) is 29.7 Å². The second-order valence-electron chi connectivity index (χ2n) is 5.03. The van der Waals surface area contributed by atoms with Crippen LogP contribution in [-0.2, 0) is 11.2 Å². The second kappa shape index (κ2) is 10.2. The summed E-state index contributed by atoms with van der Waals surface area (Å²) in [7, 11) is 0. The number of halogens is 2. The van der Waals surface area contributed by atoms with Gasteiger partial charge >= 0.3 is 6.09 Å². The first-order valence-electron chi connectivity index (χ1n) is 7.61. The molecule has 0 unspecified atom stereocenters. The fraction of sp³-hybridized carbons (Fsp3) is 0.278. The van der Waals surface area contributed by atoms with Crippen LogP contribution >= 0.6 is 27.5 Å². The standard InChI is InChI=1S/C18H19BrClNO3/c19-8-10-24-18(22)21-9-11-23-17-7-6-15(13-16(17)20)12-14-4-2-1-3-5-14/h1-7,13H,8-12H2,(H,21,22). The Labute approximate surface area is 155 Å². The fourth-order valence-corrected chi connectivity index (χ4v) is 2.52. The molecule has 2 rings (SSSR count). The Morgan fingerprint density at radius 3 is 2.58 bits per heavy atom. The zero-order valence-electron chi connectivity index (χ0n) is 13.1. The minimum Gasteiger partial charge on any atom is -0.490 e. The average Bonchev–Trinajstić information content (AvgIpc) is 2.59. The third kappa shape index (κ3) is 6.42. The molecule has 1 amide bonds. The molecule has 2 aromatic carbocycles. The van der Waals surface area contributed by atoms with E-state index in [-0.39, 0.29) is 0 Å². The van der Waals surface area contributed by atoms with Crippen molar-refractivity contribution in [3.05, 3.63) is 64.7 Å². The minimum atomic E-state index is -0.456. The number of alkyl carbamates (subject to hydrolysis) is 1. The molecule has 24 heavy (non-hydrogen) atoms. The molecular weight excluding hydrogens is 394 g/mol. The summed E-state index contributed by atoms with van der Waals surface area (Å²) in [6.45, 7) is 1.01. The lowest BCUT2D eigenvalue weighted by Gasteiger charge is -2.10. The van der Waals surface area contributed by atoms with E-state index < -0.39 is 6.09 Å². The smallest absolute Gasteiger partial charge is 0.407 e. The summed E-state index contributed by atoms with van der Waals surface area (Å²) in [5.41, 5.74) is 2.35. The number of alkyl halides is 1. The first kappa shape index (κ1) is 18.6. The summed E-state index contributed by atoms with van der Waals surface area (Å²) in [4.78, 5) is 11.3. The highest BCUT2D eigenvalue weighted by atomic mass is 79.9. The molecule has 0 aromatic heterocycles. The van der Waals surface area contributed by atoms with Gasteiger partial charge in [0, 0.05) is 5.33 Å². The van der Waals surface area contributed by atoms with Gasteiger partial charge in [-0.25, -0.2) is 4.79 Å². The van der Waals surface area contributed by atoms with Crippen LogP contribution in [-0.4, -0.2) is 31.2 Å². The molecule has 6 heteroatoms. The van der Waals surface area contributed by atoms with Crippen LogP contribution in [0, 0.1) is 0 Å². The lowest BCUT2D eigenvalue weighted by molar-refractivity contribution is 0.151. The van der Waals surface area contributed by atoms with Gasteiger partial charge in [0.2, 0.25) is 0 Å². The monoisotopic (exact) mass is 411 g/mol. The van der Waals surface area contributed by atoms with E-state index in [0.717, 1.165) is 12.0 Å². The number of hydrogen-bond acceptors (Lipinski definition) is 3. The van der Waals surface area contributed by atoms with Gasteiger partial charge in [0.05, 0.1) is 11.6 Å². The lowest BCUT2D eigenvalue weighted by Crippen LogP contribution is -2.29. The van der Waals surface area contributed by atoms with Crippen molar-refractivity contribution in [2.45, 2.75) is 6.42 Å². The Kier molecular flexibility index (Phi) is 7.92. The van der Waals surface area contributed by atoms with Gasteiger partial charge < -0.3 is 14.8 Å². The molecule has 0 fully saturated rings. The zero-order chi connectivity index (χ0) is 17.2. The maximum absolute atomic E-state index is 11.3.